The van der Waals surface area contributed by atoms with Gasteiger partial charge in [0.2, 0.25) is 0 Å². The smallest absolute Gasteiger partial charge is 0.306 e. The van der Waals surface area contributed by atoms with Crippen LogP contribution < -0.4 is 0 Å². The molecule has 0 aliphatic heterocycles. The fourth-order valence-electron chi connectivity index (χ4n) is 6.61. The van der Waals surface area contributed by atoms with Crippen molar-refractivity contribution in [2.45, 2.75) is 207 Å². The summed E-state index contributed by atoms with van der Waals surface area (Å²) < 4.78 is 16.7. The number of ether oxygens (including phenoxy) is 3. The molecule has 0 amide bonds. The number of unbranched alkanes of at least 4 members (excludes halogenated alkanes) is 17. The van der Waals surface area contributed by atoms with Crippen molar-refractivity contribution in [3.63, 3.8) is 0 Å². The van der Waals surface area contributed by atoms with E-state index in [0.29, 0.717) is 12.8 Å². The lowest BCUT2D eigenvalue weighted by molar-refractivity contribution is -0.167. The first-order chi connectivity index (χ1) is 33.0. The Morgan fingerprint density at radius 2 is 0.657 bits per heavy atom. The first-order valence-corrected chi connectivity index (χ1v) is 26.5. The summed E-state index contributed by atoms with van der Waals surface area (Å²) in [7, 11) is 0. The van der Waals surface area contributed by atoms with Crippen LogP contribution >= 0.6 is 0 Å². The van der Waals surface area contributed by atoms with Crippen LogP contribution in [-0.4, -0.2) is 37.2 Å². The van der Waals surface area contributed by atoms with E-state index in [-0.39, 0.29) is 50.4 Å². The van der Waals surface area contributed by atoms with Gasteiger partial charge in [0.15, 0.2) is 6.10 Å². The van der Waals surface area contributed by atoms with Crippen molar-refractivity contribution >= 4 is 17.9 Å². The molecule has 0 fully saturated rings. The average molecular weight is 923 g/mol. The van der Waals surface area contributed by atoms with Gasteiger partial charge in [-0.15, -0.1) is 0 Å². The van der Waals surface area contributed by atoms with E-state index < -0.39 is 6.10 Å². The molecule has 6 nitrogen and oxygen atoms in total. The second kappa shape index (κ2) is 53.9. The highest BCUT2D eigenvalue weighted by atomic mass is 16.6. The van der Waals surface area contributed by atoms with Gasteiger partial charge in [0.1, 0.15) is 13.2 Å². The first kappa shape index (κ1) is 62.3. The Bertz CT molecular complexity index is 1530. The van der Waals surface area contributed by atoms with Crippen LogP contribution in [0.1, 0.15) is 201 Å². The maximum Gasteiger partial charge on any atom is 0.306 e. The van der Waals surface area contributed by atoms with Crippen molar-refractivity contribution in [3.05, 3.63) is 146 Å². The number of hydrogen-bond acceptors (Lipinski definition) is 6. The Balaban J connectivity index is 4.58. The topological polar surface area (TPSA) is 78.9 Å². The van der Waals surface area contributed by atoms with Crippen molar-refractivity contribution in [2.24, 2.45) is 0 Å². The van der Waals surface area contributed by atoms with Crippen LogP contribution in [0.15, 0.2) is 146 Å². The highest BCUT2D eigenvalue weighted by Crippen LogP contribution is 2.12. The summed E-state index contributed by atoms with van der Waals surface area (Å²) in [5.74, 6) is -1.03. The molecule has 0 aliphatic rings. The molecule has 1 atom stereocenters. The number of carbonyl (C=O) groups excluding carboxylic acids is 3. The molecule has 1 unspecified atom stereocenters. The third-order valence-corrected chi connectivity index (χ3v) is 10.5. The SMILES string of the molecule is CC\C=C/C=C\C=C/C=C\C=C\C=C/C=C\CCCCCC(=O)OCC(COC(=O)CCCC/C=C\C/C=C\C/C=C\CC)OC(=O)CCCCCCC/C=C\C=C/CCCCCCCCC. The first-order valence-electron chi connectivity index (χ1n) is 26.5. The van der Waals surface area contributed by atoms with Gasteiger partial charge >= 0.3 is 17.9 Å². The largest absolute Gasteiger partial charge is 0.462 e. The Hall–Kier alpha value is -4.71. The van der Waals surface area contributed by atoms with Crippen molar-refractivity contribution in [1.29, 1.82) is 0 Å². The molecule has 0 heterocycles. The molecule has 374 valence electrons. The molecule has 0 aromatic rings. The number of allylic oxidation sites excluding steroid dienone is 24. The predicted octanol–water partition coefficient (Wildman–Crippen LogP) is 17.6. The fourth-order valence-corrected chi connectivity index (χ4v) is 6.61. The van der Waals surface area contributed by atoms with Gasteiger partial charge in [-0.25, -0.2) is 0 Å². The number of carbonyl (C=O) groups is 3. The van der Waals surface area contributed by atoms with E-state index in [1.54, 1.807) is 0 Å². The van der Waals surface area contributed by atoms with E-state index in [1.807, 2.05) is 72.9 Å². The van der Waals surface area contributed by atoms with Crippen LogP contribution in [0.3, 0.4) is 0 Å². The second-order valence-electron chi connectivity index (χ2n) is 16.9. The minimum Gasteiger partial charge on any atom is -0.462 e. The van der Waals surface area contributed by atoms with Gasteiger partial charge in [0.25, 0.3) is 0 Å². The number of rotatable bonds is 45. The molecule has 0 aromatic heterocycles. The monoisotopic (exact) mass is 923 g/mol. The van der Waals surface area contributed by atoms with Gasteiger partial charge in [-0.2, -0.15) is 0 Å². The predicted molar refractivity (Wildman–Crippen MR) is 288 cm³/mol. The summed E-state index contributed by atoms with van der Waals surface area (Å²) in [6, 6.07) is 0. The Labute approximate surface area is 410 Å². The van der Waals surface area contributed by atoms with Crippen LogP contribution in [0.5, 0.6) is 0 Å². The van der Waals surface area contributed by atoms with Gasteiger partial charge in [0, 0.05) is 19.3 Å². The molecular formula is C61H94O6. The lowest BCUT2D eigenvalue weighted by atomic mass is 10.1. The standard InChI is InChI=1S/C61H94O6/c1-4-7-10-13-16-19-22-25-27-29-31-33-34-36-39-42-45-48-51-54-60(63)66-57-58(56-65-59(62)53-50-47-44-41-38-24-21-18-15-12-9-6-3)67-61(64)55-52-49-46-43-40-37-35-32-30-28-26-23-20-17-14-11-8-5-2/h7,9-10,12-13,16,18-19,21-22,25,27-36,38-39,41,58H,4-6,8,11,14-15,17,20,23-24,26,37,40,42-57H2,1-3H3/b10-7-,12-9-,16-13-,21-18-,22-19-,27-25-,30-28-,31-29+,34-33-,35-32-,39-36-,41-38-. The summed E-state index contributed by atoms with van der Waals surface area (Å²) in [6.07, 6.45) is 76.9. The molecule has 0 N–H and O–H groups in total. The summed E-state index contributed by atoms with van der Waals surface area (Å²) in [5.41, 5.74) is 0. The van der Waals surface area contributed by atoms with Crippen molar-refractivity contribution in [2.75, 3.05) is 13.2 Å². The molecule has 0 radical (unpaired) electrons. The van der Waals surface area contributed by atoms with E-state index in [9.17, 15) is 14.4 Å². The molecule has 6 heteroatoms. The second-order valence-corrected chi connectivity index (χ2v) is 16.9. The molecule has 0 rings (SSSR count). The Morgan fingerprint density at radius 3 is 1.15 bits per heavy atom. The average Bonchev–Trinajstić information content (AvgIpc) is 3.33. The maximum absolute atomic E-state index is 12.8. The normalized spacial score (nSPS) is 13.3. The van der Waals surface area contributed by atoms with Gasteiger partial charge < -0.3 is 14.2 Å². The van der Waals surface area contributed by atoms with Gasteiger partial charge in [-0.3, -0.25) is 14.4 Å². The fraction of sp³-hybridized carbons (Fsp3) is 0.557. The number of hydrogen-bond donors (Lipinski definition) is 0. The van der Waals surface area contributed by atoms with Crippen LogP contribution in [0, 0.1) is 0 Å². The molecule has 0 aromatic carbocycles. The zero-order valence-electron chi connectivity index (χ0n) is 42.6. The van der Waals surface area contributed by atoms with Crippen LogP contribution in [0.25, 0.3) is 0 Å². The molecule has 0 spiro atoms. The molecule has 67 heavy (non-hydrogen) atoms. The molecular weight excluding hydrogens is 829 g/mol. The summed E-state index contributed by atoms with van der Waals surface area (Å²) in [6.45, 7) is 6.26. The molecule has 0 bridgehead atoms. The zero-order chi connectivity index (χ0) is 48.6. The lowest BCUT2D eigenvalue weighted by Gasteiger charge is -2.18. The van der Waals surface area contributed by atoms with Gasteiger partial charge in [-0.05, 0) is 96.3 Å². The van der Waals surface area contributed by atoms with Gasteiger partial charge in [-0.1, -0.05) is 231 Å². The van der Waals surface area contributed by atoms with Crippen molar-refractivity contribution in [3.8, 4) is 0 Å². The lowest BCUT2D eigenvalue weighted by Crippen LogP contribution is -2.30. The molecule has 0 saturated carbocycles. The van der Waals surface area contributed by atoms with Crippen molar-refractivity contribution in [1.82, 2.24) is 0 Å². The van der Waals surface area contributed by atoms with Crippen molar-refractivity contribution < 1.29 is 28.6 Å². The van der Waals surface area contributed by atoms with Crippen LogP contribution in [0.4, 0.5) is 0 Å². The van der Waals surface area contributed by atoms with E-state index in [4.69, 9.17) is 14.2 Å². The van der Waals surface area contributed by atoms with E-state index in [2.05, 4.69) is 93.7 Å². The summed E-state index contributed by atoms with van der Waals surface area (Å²) >= 11 is 0. The third kappa shape index (κ3) is 52.1. The number of esters is 3. The summed E-state index contributed by atoms with van der Waals surface area (Å²) in [5, 5.41) is 0. The van der Waals surface area contributed by atoms with E-state index in [1.165, 1.54) is 51.4 Å². The van der Waals surface area contributed by atoms with Gasteiger partial charge in [0.05, 0.1) is 0 Å². The van der Waals surface area contributed by atoms with E-state index in [0.717, 1.165) is 96.3 Å². The molecule has 0 aliphatic carbocycles. The third-order valence-electron chi connectivity index (χ3n) is 10.5. The molecule has 0 saturated heterocycles. The van der Waals surface area contributed by atoms with Crippen LogP contribution in [-0.2, 0) is 28.6 Å². The Morgan fingerprint density at radius 1 is 0.328 bits per heavy atom. The maximum atomic E-state index is 12.8. The Kier molecular flexibility index (Phi) is 50.1. The van der Waals surface area contributed by atoms with Crippen LogP contribution in [0.2, 0.25) is 0 Å². The highest BCUT2D eigenvalue weighted by Gasteiger charge is 2.19. The minimum absolute atomic E-state index is 0.126. The highest BCUT2D eigenvalue weighted by molar-refractivity contribution is 5.71. The zero-order valence-corrected chi connectivity index (χ0v) is 42.6. The summed E-state index contributed by atoms with van der Waals surface area (Å²) in [4.78, 5) is 38.0. The minimum atomic E-state index is -0.827. The van der Waals surface area contributed by atoms with E-state index >= 15 is 0 Å². The quantitative estimate of drug-likeness (QED) is 0.0199.